The van der Waals surface area contributed by atoms with Crippen LogP contribution in [0.1, 0.15) is 32.8 Å². The van der Waals surface area contributed by atoms with Crippen LogP contribution in [0.25, 0.3) is 0 Å². The molecule has 0 N–H and O–H groups in total. The van der Waals surface area contributed by atoms with E-state index >= 15 is 0 Å². The molecule has 0 saturated heterocycles. The molecule has 0 heterocycles. The Kier molecular flexibility index (Phi) is 4.88. The molecule has 0 unspecified atom stereocenters. The van der Waals surface area contributed by atoms with Crippen LogP contribution in [-0.4, -0.2) is 12.6 Å². The number of carbonyl (C=O) groups excluding carboxylic acids is 1. The third-order valence-corrected chi connectivity index (χ3v) is 3.77. The smallest absolute Gasteiger partial charge is 0.328 e. The Labute approximate surface area is 119 Å². The van der Waals surface area contributed by atoms with E-state index in [0.717, 1.165) is 0 Å². The lowest BCUT2D eigenvalue weighted by Crippen LogP contribution is -2.48. The summed E-state index contributed by atoms with van der Waals surface area (Å²) in [7, 11) is 0. The van der Waals surface area contributed by atoms with Crippen LogP contribution < -0.4 is 0 Å². The molecule has 1 rings (SSSR count). The van der Waals surface area contributed by atoms with Crippen LogP contribution in [0, 0.1) is 28.1 Å². The van der Waals surface area contributed by atoms with Crippen molar-refractivity contribution >= 4 is 5.97 Å². The van der Waals surface area contributed by atoms with Crippen molar-refractivity contribution in [3.05, 3.63) is 35.9 Å². The molecular formula is C16H18N2O2. The maximum Gasteiger partial charge on any atom is 0.328 e. The van der Waals surface area contributed by atoms with Gasteiger partial charge in [0.2, 0.25) is 0 Å². The lowest BCUT2D eigenvalue weighted by atomic mass is 9.61. The molecular weight excluding hydrogens is 252 g/mol. The minimum Gasteiger partial charge on any atom is -0.465 e. The summed E-state index contributed by atoms with van der Waals surface area (Å²) >= 11 is 0. The van der Waals surface area contributed by atoms with E-state index in [1.807, 2.05) is 12.1 Å². The number of hydrogen-bond donors (Lipinski definition) is 0. The monoisotopic (exact) mass is 270 g/mol. The SMILES string of the molecule is CCOC(=O)[C@](C#N)(CC)[C@](C)(C#N)c1ccccc1. The van der Waals surface area contributed by atoms with E-state index in [1.54, 1.807) is 45.0 Å². The normalized spacial score (nSPS) is 16.1. The first-order valence-electron chi connectivity index (χ1n) is 6.57. The van der Waals surface area contributed by atoms with Gasteiger partial charge in [-0.05, 0) is 25.8 Å². The lowest BCUT2D eigenvalue weighted by Gasteiger charge is -2.36. The Bertz CT molecular complexity index is 556. The van der Waals surface area contributed by atoms with Gasteiger partial charge in [0.1, 0.15) is 5.41 Å². The molecule has 104 valence electrons. The van der Waals surface area contributed by atoms with Gasteiger partial charge in [-0.1, -0.05) is 37.3 Å². The van der Waals surface area contributed by atoms with Gasteiger partial charge in [-0.25, -0.2) is 0 Å². The Hall–Kier alpha value is -2.33. The van der Waals surface area contributed by atoms with Gasteiger partial charge in [-0.2, -0.15) is 10.5 Å². The van der Waals surface area contributed by atoms with Crippen LogP contribution in [0.3, 0.4) is 0 Å². The minimum absolute atomic E-state index is 0.179. The molecule has 2 atom stereocenters. The van der Waals surface area contributed by atoms with Gasteiger partial charge in [0.05, 0.1) is 18.7 Å². The highest BCUT2D eigenvalue weighted by molar-refractivity contribution is 5.83. The molecule has 4 heteroatoms. The van der Waals surface area contributed by atoms with Crippen LogP contribution >= 0.6 is 0 Å². The van der Waals surface area contributed by atoms with Crippen molar-refractivity contribution in [2.45, 2.75) is 32.6 Å². The summed E-state index contributed by atoms with van der Waals surface area (Å²) in [6, 6.07) is 13.1. The zero-order valence-corrected chi connectivity index (χ0v) is 12.0. The number of esters is 1. The second-order valence-corrected chi connectivity index (χ2v) is 4.69. The van der Waals surface area contributed by atoms with Crippen molar-refractivity contribution < 1.29 is 9.53 Å². The summed E-state index contributed by atoms with van der Waals surface area (Å²) in [6.07, 6.45) is 0.210. The number of carbonyl (C=O) groups is 1. The Morgan fingerprint density at radius 3 is 2.20 bits per heavy atom. The van der Waals surface area contributed by atoms with E-state index in [0.29, 0.717) is 5.56 Å². The first-order valence-corrected chi connectivity index (χ1v) is 6.57. The summed E-state index contributed by atoms with van der Waals surface area (Å²) in [5.74, 6) is -0.641. The zero-order chi connectivity index (χ0) is 15.2. The Balaban J connectivity index is 3.49. The summed E-state index contributed by atoms with van der Waals surface area (Å²) in [6.45, 7) is 5.20. The van der Waals surface area contributed by atoms with Crippen LogP contribution in [0.15, 0.2) is 30.3 Å². The molecule has 0 bridgehead atoms. The molecule has 4 nitrogen and oxygen atoms in total. The molecule has 0 aliphatic heterocycles. The predicted octanol–water partition coefficient (Wildman–Crippen LogP) is 2.95. The van der Waals surface area contributed by atoms with Gasteiger partial charge in [0.25, 0.3) is 0 Å². The molecule has 0 spiro atoms. The first kappa shape index (κ1) is 15.7. The van der Waals surface area contributed by atoms with E-state index in [-0.39, 0.29) is 13.0 Å². The number of benzene rings is 1. The number of ether oxygens (including phenoxy) is 1. The molecule has 0 fully saturated rings. The van der Waals surface area contributed by atoms with Crippen molar-refractivity contribution in [3.8, 4) is 12.1 Å². The minimum atomic E-state index is -1.51. The first-order chi connectivity index (χ1) is 9.52. The molecule has 0 saturated carbocycles. The largest absolute Gasteiger partial charge is 0.465 e. The van der Waals surface area contributed by atoms with E-state index < -0.39 is 16.8 Å². The summed E-state index contributed by atoms with van der Waals surface area (Å²) < 4.78 is 5.05. The van der Waals surface area contributed by atoms with Crippen molar-refractivity contribution in [2.75, 3.05) is 6.61 Å². The standard InChI is InChI=1S/C16H18N2O2/c1-4-16(12-18,14(19)20-5-2)15(3,11-17)13-9-7-6-8-10-13/h6-10H,4-5H2,1-3H3/t15-,16-/m1/s1. The van der Waals surface area contributed by atoms with Gasteiger partial charge in [0.15, 0.2) is 5.41 Å². The molecule has 1 aromatic carbocycles. The quantitative estimate of drug-likeness (QED) is 0.771. The fourth-order valence-electron chi connectivity index (χ4n) is 2.37. The molecule has 20 heavy (non-hydrogen) atoms. The number of rotatable bonds is 5. The third kappa shape index (κ3) is 2.26. The number of nitriles is 2. The molecule has 0 aliphatic rings. The fourth-order valence-corrected chi connectivity index (χ4v) is 2.37. The number of hydrogen-bond acceptors (Lipinski definition) is 4. The van der Waals surface area contributed by atoms with Gasteiger partial charge in [-0.15, -0.1) is 0 Å². The molecule has 0 aromatic heterocycles. The second kappa shape index (κ2) is 6.21. The van der Waals surface area contributed by atoms with Crippen LogP contribution in [0.2, 0.25) is 0 Å². The summed E-state index contributed by atoms with van der Waals surface area (Å²) in [4.78, 5) is 12.3. The van der Waals surface area contributed by atoms with Crippen LogP contribution in [0.4, 0.5) is 0 Å². The van der Waals surface area contributed by atoms with Gasteiger partial charge < -0.3 is 4.74 Å². The average Bonchev–Trinajstić information content (AvgIpc) is 2.49. The maximum absolute atomic E-state index is 12.3. The number of nitrogens with zero attached hydrogens (tertiary/aromatic N) is 2. The summed E-state index contributed by atoms with van der Waals surface area (Å²) in [5, 5.41) is 19.2. The van der Waals surface area contributed by atoms with Gasteiger partial charge >= 0.3 is 5.97 Å². The van der Waals surface area contributed by atoms with Gasteiger partial charge in [0, 0.05) is 0 Å². The van der Waals surface area contributed by atoms with Gasteiger partial charge in [-0.3, -0.25) is 4.79 Å². The maximum atomic E-state index is 12.3. The molecule has 0 aliphatic carbocycles. The van der Waals surface area contributed by atoms with E-state index in [1.165, 1.54) is 0 Å². The third-order valence-electron chi connectivity index (χ3n) is 3.77. The van der Waals surface area contributed by atoms with Crippen molar-refractivity contribution in [1.29, 1.82) is 10.5 Å². The van der Waals surface area contributed by atoms with E-state index in [4.69, 9.17) is 4.74 Å². The van der Waals surface area contributed by atoms with Crippen molar-refractivity contribution in [3.63, 3.8) is 0 Å². The highest BCUT2D eigenvalue weighted by atomic mass is 16.5. The second-order valence-electron chi connectivity index (χ2n) is 4.69. The van der Waals surface area contributed by atoms with Crippen LogP contribution in [-0.2, 0) is 14.9 Å². The Morgan fingerprint density at radius 2 is 1.80 bits per heavy atom. The lowest BCUT2D eigenvalue weighted by molar-refractivity contribution is -0.154. The fraction of sp³-hybridized carbons (Fsp3) is 0.438. The van der Waals surface area contributed by atoms with Crippen molar-refractivity contribution in [1.82, 2.24) is 0 Å². The zero-order valence-electron chi connectivity index (χ0n) is 12.0. The summed E-state index contributed by atoms with van der Waals surface area (Å²) in [5.41, 5.74) is -2.14. The Morgan fingerprint density at radius 1 is 1.20 bits per heavy atom. The average molecular weight is 270 g/mol. The molecule has 0 radical (unpaired) electrons. The van der Waals surface area contributed by atoms with Crippen LogP contribution in [0.5, 0.6) is 0 Å². The van der Waals surface area contributed by atoms with E-state index in [9.17, 15) is 15.3 Å². The predicted molar refractivity (Wildman–Crippen MR) is 74.4 cm³/mol. The highest BCUT2D eigenvalue weighted by Gasteiger charge is 2.56. The molecule has 0 amide bonds. The van der Waals surface area contributed by atoms with E-state index in [2.05, 4.69) is 6.07 Å². The molecule has 1 aromatic rings. The topological polar surface area (TPSA) is 73.9 Å². The highest BCUT2D eigenvalue weighted by Crippen LogP contribution is 2.44. The van der Waals surface area contributed by atoms with Crippen molar-refractivity contribution in [2.24, 2.45) is 5.41 Å².